The second kappa shape index (κ2) is 12.7. The molecule has 0 atom stereocenters. The van der Waals surface area contributed by atoms with E-state index in [9.17, 15) is 14.7 Å². The number of pyridine rings is 1. The van der Waals surface area contributed by atoms with E-state index >= 15 is 0 Å². The highest BCUT2D eigenvalue weighted by Crippen LogP contribution is 2.18. The van der Waals surface area contributed by atoms with E-state index in [-0.39, 0.29) is 18.1 Å². The van der Waals surface area contributed by atoms with E-state index in [1.54, 1.807) is 11.5 Å². The molecule has 0 unspecified atom stereocenters. The predicted octanol–water partition coefficient (Wildman–Crippen LogP) is 3.98. The predicted molar refractivity (Wildman–Crippen MR) is 112 cm³/mol. The number of nitrogens with zero attached hydrogens (tertiary/aromatic N) is 1. The molecule has 0 amide bonds. The van der Waals surface area contributed by atoms with Crippen molar-refractivity contribution in [2.45, 2.75) is 59.6 Å². The molecule has 1 heterocycles. The Bertz CT molecular complexity index is 783. The fraction of sp³-hybridized carbons (Fsp3) is 0.455. The summed E-state index contributed by atoms with van der Waals surface area (Å²) in [6.45, 7) is 7.46. The van der Waals surface area contributed by atoms with Crippen molar-refractivity contribution in [3.8, 4) is 5.75 Å². The molecule has 2 rings (SSSR count). The first-order chi connectivity index (χ1) is 13.5. The molecule has 3 N–H and O–H groups in total. The Hall–Kier alpha value is -2.60. The van der Waals surface area contributed by atoms with Crippen LogP contribution in [0.1, 0.15) is 61.3 Å². The van der Waals surface area contributed by atoms with Gasteiger partial charge in [0.05, 0.1) is 0 Å². The first-order valence-electron chi connectivity index (χ1n) is 9.80. The Balaban J connectivity index is 0.000000696. The molecular weight excluding hydrogens is 356 g/mol. The molecule has 28 heavy (non-hydrogen) atoms. The summed E-state index contributed by atoms with van der Waals surface area (Å²) in [6.07, 6.45) is 4.16. The van der Waals surface area contributed by atoms with Crippen molar-refractivity contribution in [2.75, 3.05) is 6.54 Å². The zero-order chi connectivity index (χ0) is 20.9. The van der Waals surface area contributed by atoms with Gasteiger partial charge in [0.2, 0.25) is 5.43 Å². The van der Waals surface area contributed by atoms with Gasteiger partial charge in [-0.15, -0.1) is 0 Å². The van der Waals surface area contributed by atoms with Gasteiger partial charge >= 0.3 is 5.97 Å². The lowest BCUT2D eigenvalue weighted by molar-refractivity contribution is 0.0676. The molecule has 0 saturated carbocycles. The van der Waals surface area contributed by atoms with E-state index in [1.807, 2.05) is 37.3 Å². The first kappa shape index (κ1) is 23.4. The molecule has 154 valence electrons. The molecule has 0 spiro atoms. The Labute approximate surface area is 167 Å². The lowest BCUT2D eigenvalue weighted by Gasteiger charge is -2.17. The van der Waals surface area contributed by atoms with Gasteiger partial charge in [0.15, 0.2) is 11.4 Å². The lowest BCUT2D eigenvalue weighted by Crippen LogP contribution is -2.23. The average molecular weight is 389 g/mol. The minimum Gasteiger partial charge on any atom is -0.482 e. The topological polar surface area (TPSA) is 94.5 Å². The van der Waals surface area contributed by atoms with Gasteiger partial charge in [0.1, 0.15) is 6.61 Å². The van der Waals surface area contributed by atoms with Crippen molar-refractivity contribution in [3.63, 3.8) is 0 Å². The Kier molecular flexibility index (Phi) is 10.7. The lowest BCUT2D eigenvalue weighted by atomic mass is 10.2. The maximum atomic E-state index is 12.2. The first-order valence-corrected chi connectivity index (χ1v) is 9.80. The highest BCUT2D eigenvalue weighted by Gasteiger charge is 2.21. The Morgan fingerprint density at radius 1 is 1.14 bits per heavy atom. The number of aromatic nitrogens is 1. The van der Waals surface area contributed by atoms with Gasteiger partial charge in [0, 0.05) is 18.3 Å². The molecule has 0 aliphatic rings. The quantitative estimate of drug-likeness (QED) is 0.677. The van der Waals surface area contributed by atoms with Crippen LogP contribution in [0.4, 0.5) is 0 Å². The molecule has 0 aliphatic carbocycles. The molecule has 6 heteroatoms. The molecule has 1 aromatic carbocycles. The molecule has 0 saturated heterocycles. The molecule has 1 aromatic heterocycles. The molecule has 0 bridgehead atoms. The van der Waals surface area contributed by atoms with Crippen LogP contribution in [0.15, 0.2) is 41.2 Å². The Morgan fingerprint density at radius 2 is 1.79 bits per heavy atom. The molecule has 2 aromatic rings. The summed E-state index contributed by atoms with van der Waals surface area (Å²) < 4.78 is 7.22. The SMILES string of the molecule is CCCCN.CCCCn1c(C)cc(=O)c(OCc2ccccc2)c1C(=O)O. The van der Waals surface area contributed by atoms with Crippen LogP contribution in [-0.2, 0) is 13.2 Å². The fourth-order valence-corrected chi connectivity index (χ4v) is 2.64. The summed E-state index contributed by atoms with van der Waals surface area (Å²) in [7, 11) is 0. The zero-order valence-electron chi connectivity index (χ0n) is 17.1. The van der Waals surface area contributed by atoms with Crippen molar-refractivity contribution >= 4 is 5.97 Å². The van der Waals surface area contributed by atoms with Gasteiger partial charge in [-0.2, -0.15) is 0 Å². The summed E-state index contributed by atoms with van der Waals surface area (Å²) in [5.41, 5.74) is 6.18. The second-order valence-electron chi connectivity index (χ2n) is 6.55. The monoisotopic (exact) mass is 388 g/mol. The summed E-state index contributed by atoms with van der Waals surface area (Å²) in [6, 6.07) is 10.8. The van der Waals surface area contributed by atoms with Gasteiger partial charge in [0.25, 0.3) is 0 Å². The van der Waals surface area contributed by atoms with Crippen LogP contribution in [0, 0.1) is 6.92 Å². The van der Waals surface area contributed by atoms with Crippen LogP contribution in [0.5, 0.6) is 5.75 Å². The molecular formula is C22H32N2O4. The van der Waals surface area contributed by atoms with E-state index in [2.05, 4.69) is 6.92 Å². The number of nitrogens with two attached hydrogens (primary N) is 1. The van der Waals surface area contributed by atoms with Crippen LogP contribution in [-0.4, -0.2) is 22.2 Å². The van der Waals surface area contributed by atoms with E-state index in [1.165, 1.54) is 18.9 Å². The number of unbranched alkanes of at least 4 members (excludes halogenated alkanes) is 2. The van der Waals surface area contributed by atoms with Crippen molar-refractivity contribution in [2.24, 2.45) is 5.73 Å². The van der Waals surface area contributed by atoms with Crippen LogP contribution < -0.4 is 15.9 Å². The van der Waals surface area contributed by atoms with Crippen molar-refractivity contribution in [3.05, 3.63) is 63.6 Å². The van der Waals surface area contributed by atoms with E-state index in [0.717, 1.165) is 24.9 Å². The number of hydrogen-bond donors (Lipinski definition) is 2. The smallest absolute Gasteiger partial charge is 0.356 e. The largest absolute Gasteiger partial charge is 0.482 e. The van der Waals surface area contributed by atoms with Crippen LogP contribution in [0.3, 0.4) is 0 Å². The Morgan fingerprint density at radius 3 is 2.29 bits per heavy atom. The van der Waals surface area contributed by atoms with Crippen molar-refractivity contribution < 1.29 is 14.6 Å². The third-order valence-corrected chi connectivity index (χ3v) is 4.20. The van der Waals surface area contributed by atoms with E-state index in [4.69, 9.17) is 10.5 Å². The number of carboxylic acids is 1. The summed E-state index contributed by atoms with van der Waals surface area (Å²) >= 11 is 0. The van der Waals surface area contributed by atoms with Gasteiger partial charge < -0.3 is 20.1 Å². The zero-order valence-corrected chi connectivity index (χ0v) is 17.1. The van der Waals surface area contributed by atoms with Gasteiger partial charge in [-0.25, -0.2) is 4.79 Å². The minimum atomic E-state index is -1.15. The van der Waals surface area contributed by atoms with E-state index in [0.29, 0.717) is 12.2 Å². The van der Waals surface area contributed by atoms with Gasteiger partial charge in [-0.3, -0.25) is 4.79 Å². The number of aryl methyl sites for hydroxylation is 1. The fourth-order valence-electron chi connectivity index (χ4n) is 2.64. The highest BCUT2D eigenvalue weighted by molar-refractivity contribution is 5.89. The van der Waals surface area contributed by atoms with Crippen LogP contribution in [0.2, 0.25) is 0 Å². The number of carboxylic acid groups (broad SMARTS) is 1. The number of ether oxygens (including phenoxy) is 1. The average Bonchev–Trinajstić information content (AvgIpc) is 2.67. The number of benzene rings is 1. The number of aromatic carboxylic acids is 1. The maximum absolute atomic E-state index is 12.2. The van der Waals surface area contributed by atoms with Gasteiger partial charge in [-0.05, 0) is 31.9 Å². The number of carbonyl (C=O) groups is 1. The minimum absolute atomic E-state index is 0.0700. The second-order valence-corrected chi connectivity index (χ2v) is 6.55. The van der Waals surface area contributed by atoms with Crippen LogP contribution in [0.25, 0.3) is 0 Å². The molecule has 0 radical (unpaired) electrons. The summed E-state index contributed by atoms with van der Waals surface area (Å²) in [5, 5.41) is 9.55. The third-order valence-electron chi connectivity index (χ3n) is 4.20. The molecule has 0 fully saturated rings. The van der Waals surface area contributed by atoms with Crippen molar-refractivity contribution in [1.29, 1.82) is 0 Å². The van der Waals surface area contributed by atoms with E-state index < -0.39 is 11.4 Å². The van der Waals surface area contributed by atoms with Crippen LogP contribution >= 0.6 is 0 Å². The van der Waals surface area contributed by atoms with Crippen molar-refractivity contribution in [1.82, 2.24) is 4.57 Å². The third kappa shape index (κ3) is 7.19. The summed E-state index contributed by atoms with van der Waals surface area (Å²) in [5.74, 6) is -1.24. The standard InChI is InChI=1S/C18H21NO4.C4H11N/c1-3-4-10-19-13(2)11-15(20)17(16(19)18(21)22)23-12-14-8-6-5-7-9-14;1-2-3-4-5/h5-9,11H,3-4,10,12H2,1-2H3,(H,21,22);2-5H2,1H3. The molecule has 0 aliphatic heterocycles. The molecule has 6 nitrogen and oxygen atoms in total. The van der Waals surface area contributed by atoms with Gasteiger partial charge in [-0.1, -0.05) is 57.0 Å². The number of hydrogen-bond acceptors (Lipinski definition) is 4. The highest BCUT2D eigenvalue weighted by atomic mass is 16.5. The normalized spacial score (nSPS) is 10.1. The maximum Gasteiger partial charge on any atom is 0.356 e. The summed E-state index contributed by atoms with van der Waals surface area (Å²) in [4.78, 5) is 23.9. The number of rotatable bonds is 9.